The molecule has 0 aliphatic carbocycles. The second-order valence-electron chi connectivity index (χ2n) is 4.47. The van der Waals surface area contributed by atoms with Gasteiger partial charge in [0.1, 0.15) is 11.6 Å². The van der Waals surface area contributed by atoms with E-state index in [1.165, 1.54) is 0 Å². The highest BCUT2D eigenvalue weighted by Gasteiger charge is 2.13. The van der Waals surface area contributed by atoms with Crippen molar-refractivity contribution in [2.75, 3.05) is 24.6 Å². The van der Waals surface area contributed by atoms with Gasteiger partial charge in [-0.1, -0.05) is 0 Å². The minimum absolute atomic E-state index is 0.375. The minimum atomic E-state index is 0.375. The average Bonchev–Trinajstić information content (AvgIpc) is 2.28. The maximum atomic E-state index is 5.58. The smallest absolute Gasteiger partial charge is 0.218 e. The largest absolute Gasteiger partial charge is 0.478 e. The third-order valence-electron chi connectivity index (χ3n) is 2.61. The molecule has 0 unspecified atom stereocenters. The standard InChI is InChI=1S/C13H24N4O/c1-5-18-13-9-12(15-11(4)16-13)17(10(2)3)8-6-7-14/h9-10H,5-8,14H2,1-4H3. The van der Waals surface area contributed by atoms with Crippen LogP contribution < -0.4 is 15.4 Å². The molecule has 2 N–H and O–H groups in total. The van der Waals surface area contributed by atoms with Crippen LogP contribution in [0.25, 0.3) is 0 Å². The summed E-state index contributed by atoms with van der Waals surface area (Å²) in [5, 5.41) is 0. The van der Waals surface area contributed by atoms with E-state index in [4.69, 9.17) is 10.5 Å². The molecule has 0 atom stereocenters. The predicted molar refractivity (Wildman–Crippen MR) is 74.1 cm³/mol. The molecule has 0 bridgehead atoms. The van der Waals surface area contributed by atoms with Crippen molar-refractivity contribution in [2.45, 2.75) is 40.2 Å². The van der Waals surface area contributed by atoms with Crippen LogP contribution in [0.1, 0.15) is 33.0 Å². The third-order valence-corrected chi connectivity index (χ3v) is 2.61. The summed E-state index contributed by atoms with van der Waals surface area (Å²) in [7, 11) is 0. The molecule has 1 heterocycles. The zero-order valence-corrected chi connectivity index (χ0v) is 11.8. The fourth-order valence-electron chi connectivity index (χ4n) is 1.79. The first-order valence-electron chi connectivity index (χ1n) is 6.53. The summed E-state index contributed by atoms with van der Waals surface area (Å²) in [5.41, 5.74) is 5.58. The molecule has 0 fully saturated rings. The molecule has 5 heteroatoms. The highest BCUT2D eigenvalue weighted by molar-refractivity contribution is 5.42. The molecular formula is C13H24N4O. The Labute approximate surface area is 109 Å². The summed E-state index contributed by atoms with van der Waals surface area (Å²) in [5.74, 6) is 2.28. The Morgan fingerprint density at radius 1 is 1.39 bits per heavy atom. The number of anilines is 1. The van der Waals surface area contributed by atoms with Gasteiger partial charge in [0.15, 0.2) is 0 Å². The first kappa shape index (κ1) is 14.7. The number of hydrogen-bond acceptors (Lipinski definition) is 5. The van der Waals surface area contributed by atoms with Crippen molar-refractivity contribution in [3.05, 3.63) is 11.9 Å². The van der Waals surface area contributed by atoms with Gasteiger partial charge in [0.05, 0.1) is 6.61 Å². The molecule has 0 aliphatic heterocycles. The van der Waals surface area contributed by atoms with Crippen molar-refractivity contribution in [2.24, 2.45) is 5.73 Å². The molecule has 0 radical (unpaired) electrons. The fraction of sp³-hybridized carbons (Fsp3) is 0.692. The Hall–Kier alpha value is -1.36. The van der Waals surface area contributed by atoms with Crippen molar-refractivity contribution in [3.8, 4) is 5.88 Å². The zero-order valence-electron chi connectivity index (χ0n) is 11.8. The van der Waals surface area contributed by atoms with Crippen LogP contribution in [-0.4, -0.2) is 35.7 Å². The SMILES string of the molecule is CCOc1cc(N(CCCN)C(C)C)nc(C)n1. The molecule has 1 aromatic rings. The van der Waals surface area contributed by atoms with E-state index in [1.54, 1.807) is 0 Å². The van der Waals surface area contributed by atoms with Crippen molar-refractivity contribution in [1.82, 2.24) is 9.97 Å². The number of hydrogen-bond donors (Lipinski definition) is 1. The molecule has 0 aliphatic rings. The van der Waals surface area contributed by atoms with E-state index in [-0.39, 0.29) is 0 Å². The molecule has 5 nitrogen and oxygen atoms in total. The first-order chi connectivity index (χ1) is 8.58. The van der Waals surface area contributed by atoms with Crippen LogP contribution in [0.15, 0.2) is 6.07 Å². The number of aromatic nitrogens is 2. The summed E-state index contributed by atoms with van der Waals surface area (Å²) in [4.78, 5) is 11.0. The second-order valence-corrected chi connectivity index (χ2v) is 4.47. The number of nitrogens with two attached hydrogens (primary N) is 1. The molecule has 1 rings (SSSR count). The van der Waals surface area contributed by atoms with Gasteiger partial charge in [-0.05, 0) is 40.7 Å². The number of ether oxygens (including phenoxy) is 1. The van der Waals surface area contributed by atoms with E-state index < -0.39 is 0 Å². The van der Waals surface area contributed by atoms with Crippen LogP contribution in [0.5, 0.6) is 5.88 Å². The lowest BCUT2D eigenvalue weighted by Crippen LogP contribution is -2.33. The molecule has 0 spiro atoms. The van der Waals surface area contributed by atoms with Gasteiger partial charge in [-0.2, -0.15) is 4.98 Å². The Kier molecular flexibility index (Phi) is 5.85. The summed E-state index contributed by atoms with van der Waals surface area (Å²) in [6.07, 6.45) is 0.950. The normalized spacial score (nSPS) is 10.8. The molecule has 0 aromatic carbocycles. The summed E-state index contributed by atoms with van der Waals surface area (Å²) >= 11 is 0. The highest BCUT2D eigenvalue weighted by Crippen LogP contribution is 2.19. The summed E-state index contributed by atoms with van der Waals surface area (Å²) in [6, 6.07) is 2.27. The first-order valence-corrected chi connectivity index (χ1v) is 6.53. The van der Waals surface area contributed by atoms with Crippen molar-refractivity contribution in [3.63, 3.8) is 0 Å². The Morgan fingerprint density at radius 3 is 2.67 bits per heavy atom. The van der Waals surface area contributed by atoms with E-state index in [0.29, 0.717) is 25.1 Å². The Bertz CT molecular complexity index is 368. The Morgan fingerprint density at radius 2 is 2.11 bits per heavy atom. The Balaban J connectivity index is 2.95. The zero-order chi connectivity index (χ0) is 13.5. The quantitative estimate of drug-likeness (QED) is 0.801. The van der Waals surface area contributed by atoms with E-state index in [0.717, 1.165) is 24.6 Å². The monoisotopic (exact) mass is 252 g/mol. The lowest BCUT2D eigenvalue weighted by Gasteiger charge is -2.28. The molecule has 1 aromatic heterocycles. The van der Waals surface area contributed by atoms with Gasteiger partial charge in [0, 0.05) is 18.7 Å². The minimum Gasteiger partial charge on any atom is -0.478 e. The second kappa shape index (κ2) is 7.16. The van der Waals surface area contributed by atoms with Gasteiger partial charge < -0.3 is 15.4 Å². The van der Waals surface area contributed by atoms with Gasteiger partial charge in [-0.25, -0.2) is 4.98 Å². The fourth-order valence-corrected chi connectivity index (χ4v) is 1.79. The highest BCUT2D eigenvalue weighted by atomic mass is 16.5. The maximum Gasteiger partial charge on any atom is 0.218 e. The van der Waals surface area contributed by atoms with E-state index in [1.807, 2.05) is 19.9 Å². The third kappa shape index (κ3) is 4.14. The molecule has 0 amide bonds. The lowest BCUT2D eigenvalue weighted by atomic mass is 10.2. The topological polar surface area (TPSA) is 64.3 Å². The maximum absolute atomic E-state index is 5.58. The van der Waals surface area contributed by atoms with Crippen LogP contribution in [-0.2, 0) is 0 Å². The van der Waals surface area contributed by atoms with Crippen LogP contribution in [0, 0.1) is 6.92 Å². The number of nitrogens with zero attached hydrogens (tertiary/aromatic N) is 3. The van der Waals surface area contributed by atoms with Gasteiger partial charge in [-0.3, -0.25) is 0 Å². The number of rotatable bonds is 7. The van der Waals surface area contributed by atoms with E-state index in [2.05, 4.69) is 28.7 Å². The number of aryl methyl sites for hydroxylation is 1. The predicted octanol–water partition coefficient (Wildman–Crippen LogP) is 1.75. The molecule has 0 saturated heterocycles. The van der Waals surface area contributed by atoms with Crippen LogP contribution >= 0.6 is 0 Å². The summed E-state index contributed by atoms with van der Waals surface area (Å²) < 4.78 is 5.46. The molecule has 18 heavy (non-hydrogen) atoms. The van der Waals surface area contributed by atoms with Gasteiger partial charge in [0.25, 0.3) is 0 Å². The lowest BCUT2D eigenvalue weighted by molar-refractivity contribution is 0.325. The van der Waals surface area contributed by atoms with Crippen molar-refractivity contribution < 1.29 is 4.74 Å². The van der Waals surface area contributed by atoms with Gasteiger partial charge in [-0.15, -0.1) is 0 Å². The molecule has 102 valence electrons. The van der Waals surface area contributed by atoms with Crippen LogP contribution in [0.2, 0.25) is 0 Å². The van der Waals surface area contributed by atoms with Crippen molar-refractivity contribution in [1.29, 1.82) is 0 Å². The van der Waals surface area contributed by atoms with Gasteiger partial charge >= 0.3 is 0 Å². The van der Waals surface area contributed by atoms with E-state index in [9.17, 15) is 0 Å². The van der Waals surface area contributed by atoms with Gasteiger partial charge in [0.2, 0.25) is 5.88 Å². The average molecular weight is 252 g/mol. The molecule has 0 saturated carbocycles. The summed E-state index contributed by atoms with van der Waals surface area (Å²) in [6.45, 7) is 10.3. The molecular weight excluding hydrogens is 228 g/mol. The van der Waals surface area contributed by atoms with Crippen LogP contribution in [0.3, 0.4) is 0 Å². The van der Waals surface area contributed by atoms with Crippen LogP contribution in [0.4, 0.5) is 5.82 Å². The van der Waals surface area contributed by atoms with E-state index >= 15 is 0 Å². The van der Waals surface area contributed by atoms with Crippen molar-refractivity contribution >= 4 is 5.82 Å².